The number of rotatable bonds is 13. The molecule has 25 heavy (non-hydrogen) atoms. The van der Waals surface area contributed by atoms with Gasteiger partial charge in [-0.15, -0.1) is 24.0 Å². The first-order valence-electron chi connectivity index (χ1n) is 9.03. The Morgan fingerprint density at radius 1 is 1.00 bits per heavy atom. The highest BCUT2D eigenvalue weighted by molar-refractivity contribution is 14.0. The third kappa shape index (κ3) is 14.7. The Kier molecular flexibility index (Phi) is 18.5. The molecule has 7 nitrogen and oxygen atoms in total. The van der Waals surface area contributed by atoms with Gasteiger partial charge in [0.2, 0.25) is 0 Å². The Bertz CT molecular complexity index is 316. The molecule has 0 amide bonds. The first kappa shape index (κ1) is 24.8. The Morgan fingerprint density at radius 2 is 1.64 bits per heavy atom. The molecule has 0 aliphatic carbocycles. The van der Waals surface area contributed by atoms with Gasteiger partial charge < -0.3 is 29.6 Å². The highest BCUT2D eigenvalue weighted by Gasteiger charge is 2.13. The van der Waals surface area contributed by atoms with Crippen LogP contribution >= 0.6 is 24.0 Å². The van der Waals surface area contributed by atoms with E-state index in [9.17, 15) is 0 Å². The zero-order valence-corrected chi connectivity index (χ0v) is 18.1. The molecule has 0 radical (unpaired) electrons. The molecule has 1 aliphatic rings. The summed E-state index contributed by atoms with van der Waals surface area (Å²) in [5, 5.41) is 6.57. The van der Waals surface area contributed by atoms with E-state index in [0.717, 1.165) is 77.8 Å². The number of guanidine groups is 1. The Hall–Kier alpha value is -0.160. The molecule has 0 spiro atoms. The van der Waals surface area contributed by atoms with Gasteiger partial charge in [0, 0.05) is 60.3 Å². The fourth-order valence-electron chi connectivity index (χ4n) is 2.39. The van der Waals surface area contributed by atoms with Gasteiger partial charge in [-0.1, -0.05) is 0 Å². The molecule has 1 heterocycles. The van der Waals surface area contributed by atoms with Crippen molar-refractivity contribution < 1.29 is 18.9 Å². The second-order valence-corrected chi connectivity index (χ2v) is 5.87. The third-order valence-electron chi connectivity index (χ3n) is 3.87. The van der Waals surface area contributed by atoms with Crippen molar-refractivity contribution in [1.29, 1.82) is 0 Å². The molecule has 150 valence electrons. The van der Waals surface area contributed by atoms with Crippen LogP contribution in [0, 0.1) is 5.92 Å². The van der Waals surface area contributed by atoms with Gasteiger partial charge >= 0.3 is 0 Å². The monoisotopic (exact) mass is 473 g/mol. The lowest BCUT2D eigenvalue weighted by Crippen LogP contribution is -2.38. The van der Waals surface area contributed by atoms with Crippen molar-refractivity contribution in [3.8, 4) is 0 Å². The number of nitrogens with one attached hydrogen (secondary N) is 2. The fourth-order valence-corrected chi connectivity index (χ4v) is 2.39. The van der Waals surface area contributed by atoms with Crippen LogP contribution < -0.4 is 10.6 Å². The van der Waals surface area contributed by atoms with Crippen molar-refractivity contribution in [2.24, 2.45) is 10.9 Å². The molecular weight excluding hydrogens is 437 g/mol. The van der Waals surface area contributed by atoms with E-state index < -0.39 is 0 Å². The highest BCUT2D eigenvalue weighted by atomic mass is 127. The molecule has 2 N–H and O–H groups in total. The first-order valence-corrected chi connectivity index (χ1v) is 9.03. The van der Waals surface area contributed by atoms with Gasteiger partial charge in [-0.3, -0.25) is 4.99 Å². The highest BCUT2D eigenvalue weighted by Crippen LogP contribution is 2.14. The average molecular weight is 473 g/mol. The van der Waals surface area contributed by atoms with Crippen molar-refractivity contribution in [1.82, 2.24) is 10.6 Å². The zero-order valence-electron chi connectivity index (χ0n) is 15.8. The normalized spacial score (nSPS) is 15.7. The second kappa shape index (κ2) is 18.6. The Labute approximate surface area is 169 Å². The molecule has 1 rings (SSSR count). The first-order chi connectivity index (χ1) is 11.9. The minimum absolute atomic E-state index is 0. The van der Waals surface area contributed by atoms with Gasteiger partial charge in [-0.05, 0) is 31.6 Å². The summed E-state index contributed by atoms with van der Waals surface area (Å²) in [6.07, 6.45) is 4.18. The van der Waals surface area contributed by atoms with Gasteiger partial charge in [0.05, 0.1) is 13.2 Å². The number of hydrogen-bond donors (Lipinski definition) is 2. The number of ether oxygens (including phenoxy) is 4. The quantitative estimate of drug-likeness (QED) is 0.184. The minimum Gasteiger partial charge on any atom is -0.382 e. The molecule has 1 fully saturated rings. The van der Waals surface area contributed by atoms with Gasteiger partial charge in [0.25, 0.3) is 0 Å². The van der Waals surface area contributed by atoms with E-state index >= 15 is 0 Å². The second-order valence-electron chi connectivity index (χ2n) is 5.87. The maximum atomic E-state index is 5.75. The summed E-state index contributed by atoms with van der Waals surface area (Å²) in [5.41, 5.74) is 0. The van der Waals surface area contributed by atoms with Crippen LogP contribution in [-0.4, -0.2) is 79.5 Å². The van der Waals surface area contributed by atoms with Crippen molar-refractivity contribution >= 4 is 29.9 Å². The van der Waals surface area contributed by atoms with Crippen LogP contribution in [0.2, 0.25) is 0 Å². The summed E-state index contributed by atoms with van der Waals surface area (Å²) in [6.45, 7) is 7.14. The van der Waals surface area contributed by atoms with Gasteiger partial charge in [-0.2, -0.15) is 0 Å². The number of methoxy groups -OCH3 is 1. The van der Waals surface area contributed by atoms with Gasteiger partial charge in [0.15, 0.2) is 5.96 Å². The lowest BCUT2D eigenvalue weighted by atomic mass is 10.0. The topological polar surface area (TPSA) is 73.3 Å². The molecular formula is C17H36IN3O4. The van der Waals surface area contributed by atoms with Gasteiger partial charge in [-0.25, -0.2) is 0 Å². The van der Waals surface area contributed by atoms with E-state index in [1.165, 1.54) is 0 Å². The number of nitrogens with zero attached hydrogens (tertiary/aromatic N) is 1. The summed E-state index contributed by atoms with van der Waals surface area (Å²) >= 11 is 0. The van der Waals surface area contributed by atoms with Crippen LogP contribution in [0.5, 0.6) is 0 Å². The summed E-state index contributed by atoms with van der Waals surface area (Å²) < 4.78 is 21.4. The molecule has 0 unspecified atom stereocenters. The zero-order chi connectivity index (χ0) is 17.3. The molecule has 1 aliphatic heterocycles. The van der Waals surface area contributed by atoms with Crippen molar-refractivity contribution in [3.63, 3.8) is 0 Å². The minimum atomic E-state index is 0. The van der Waals surface area contributed by atoms with Crippen molar-refractivity contribution in [3.05, 3.63) is 0 Å². The van der Waals surface area contributed by atoms with Crippen LogP contribution in [-0.2, 0) is 18.9 Å². The van der Waals surface area contributed by atoms with Crippen LogP contribution in [0.4, 0.5) is 0 Å². The summed E-state index contributed by atoms with van der Waals surface area (Å²) in [5.74, 6) is 1.50. The molecule has 0 bridgehead atoms. The van der Waals surface area contributed by atoms with E-state index in [4.69, 9.17) is 18.9 Å². The lowest BCUT2D eigenvalue weighted by molar-refractivity contribution is 0.0203. The van der Waals surface area contributed by atoms with E-state index in [1.807, 2.05) is 0 Å². The maximum Gasteiger partial charge on any atom is 0.190 e. The molecule has 0 aromatic rings. The molecule has 0 saturated carbocycles. The third-order valence-corrected chi connectivity index (χ3v) is 3.87. The summed E-state index contributed by atoms with van der Waals surface area (Å²) in [6, 6.07) is 0. The van der Waals surface area contributed by atoms with Crippen LogP contribution in [0.15, 0.2) is 4.99 Å². The largest absolute Gasteiger partial charge is 0.382 e. The number of hydrogen-bond acceptors (Lipinski definition) is 5. The fraction of sp³-hybridized carbons (Fsp3) is 0.941. The van der Waals surface area contributed by atoms with Crippen molar-refractivity contribution in [2.45, 2.75) is 25.7 Å². The lowest BCUT2D eigenvalue weighted by Gasteiger charge is -2.21. The van der Waals surface area contributed by atoms with Crippen molar-refractivity contribution in [2.75, 3.05) is 73.5 Å². The van der Waals surface area contributed by atoms with Crippen LogP contribution in [0.3, 0.4) is 0 Å². The summed E-state index contributed by atoms with van der Waals surface area (Å²) in [4.78, 5) is 4.21. The number of halogens is 1. The molecule has 0 atom stereocenters. The standard InChI is InChI=1S/C17H35N3O4.HI/c1-18-17(19-7-3-9-22-14-13-21-2)20-8-4-10-24-15-16-5-11-23-12-6-16;/h16H,3-15H2,1-2H3,(H2,18,19,20);1H. The van der Waals surface area contributed by atoms with E-state index in [1.54, 1.807) is 14.2 Å². The molecule has 0 aromatic heterocycles. The maximum absolute atomic E-state index is 5.75. The SMILES string of the molecule is CN=C(NCCCOCCOC)NCCCOCC1CCOCC1.I. The van der Waals surface area contributed by atoms with E-state index in [2.05, 4.69) is 15.6 Å². The number of aliphatic imine (C=N–C) groups is 1. The average Bonchev–Trinajstić information content (AvgIpc) is 2.63. The van der Waals surface area contributed by atoms with E-state index in [0.29, 0.717) is 19.1 Å². The Morgan fingerprint density at radius 3 is 2.24 bits per heavy atom. The molecule has 0 aromatic carbocycles. The Balaban J connectivity index is 0.00000576. The van der Waals surface area contributed by atoms with E-state index in [-0.39, 0.29) is 24.0 Å². The predicted molar refractivity (Wildman–Crippen MR) is 111 cm³/mol. The molecule has 1 saturated heterocycles. The van der Waals surface area contributed by atoms with Gasteiger partial charge in [0.1, 0.15) is 0 Å². The smallest absolute Gasteiger partial charge is 0.190 e. The summed E-state index contributed by atoms with van der Waals surface area (Å²) in [7, 11) is 3.46. The van der Waals surface area contributed by atoms with Crippen LogP contribution in [0.25, 0.3) is 0 Å². The predicted octanol–water partition coefficient (Wildman–Crippen LogP) is 1.66. The van der Waals surface area contributed by atoms with Crippen LogP contribution in [0.1, 0.15) is 25.7 Å². The molecule has 8 heteroatoms.